The highest BCUT2D eigenvalue weighted by Gasteiger charge is 2.16. The van der Waals surface area contributed by atoms with Gasteiger partial charge in [-0.05, 0) is 24.3 Å². The first-order valence-electron chi connectivity index (χ1n) is 6.70. The Morgan fingerprint density at radius 2 is 1.91 bits per heavy atom. The first-order valence-corrected chi connectivity index (χ1v) is 6.70. The Balaban J connectivity index is 1.71. The van der Waals surface area contributed by atoms with Gasteiger partial charge in [-0.1, -0.05) is 18.2 Å². The number of rotatable bonds is 4. The van der Waals surface area contributed by atoms with Crippen LogP contribution < -0.4 is 14.9 Å². The fourth-order valence-electron chi connectivity index (χ4n) is 2.07. The van der Waals surface area contributed by atoms with Crippen LogP contribution in [0.3, 0.4) is 0 Å². The second-order valence-electron chi connectivity index (χ2n) is 4.66. The number of nitrogens with one attached hydrogen (secondary N) is 1. The normalized spacial score (nSPS) is 12.3. The predicted molar refractivity (Wildman–Crippen MR) is 81.0 cm³/mol. The van der Waals surface area contributed by atoms with Crippen molar-refractivity contribution in [2.75, 3.05) is 6.79 Å². The molecule has 3 rings (SSSR count). The molecule has 0 radical (unpaired) electrons. The Morgan fingerprint density at radius 1 is 1.13 bits per heavy atom. The number of hydrogen-bond donors (Lipinski definition) is 2. The third kappa shape index (κ3) is 3.13. The Hall–Kier alpha value is -3.35. The number of carboxylic acid groups (broad SMARTS) is 1. The number of benzene rings is 2. The van der Waals surface area contributed by atoms with E-state index in [1.54, 1.807) is 36.4 Å². The number of aromatic carboxylic acids is 1. The SMILES string of the molecule is O=C(N/N=C/c1ccccc1C(=O)O)c1ccc2c(c1)OCO2. The van der Waals surface area contributed by atoms with Crippen LogP contribution in [0.15, 0.2) is 47.6 Å². The first-order chi connectivity index (χ1) is 11.1. The smallest absolute Gasteiger partial charge is 0.336 e. The van der Waals surface area contributed by atoms with Gasteiger partial charge in [0.15, 0.2) is 11.5 Å². The summed E-state index contributed by atoms with van der Waals surface area (Å²) in [4.78, 5) is 23.1. The summed E-state index contributed by atoms with van der Waals surface area (Å²) in [5.74, 6) is -0.417. The molecule has 1 amide bonds. The molecule has 1 heterocycles. The minimum atomic E-state index is -1.06. The van der Waals surface area contributed by atoms with E-state index in [1.165, 1.54) is 12.3 Å². The summed E-state index contributed by atoms with van der Waals surface area (Å²) in [6, 6.07) is 11.1. The van der Waals surface area contributed by atoms with Gasteiger partial charge in [0, 0.05) is 11.1 Å². The highest BCUT2D eigenvalue weighted by molar-refractivity contribution is 5.99. The van der Waals surface area contributed by atoms with E-state index in [0.29, 0.717) is 22.6 Å². The number of amides is 1. The van der Waals surface area contributed by atoms with Crippen molar-refractivity contribution in [2.24, 2.45) is 5.10 Å². The summed E-state index contributed by atoms with van der Waals surface area (Å²) >= 11 is 0. The average molecular weight is 312 g/mol. The maximum absolute atomic E-state index is 12.0. The molecule has 0 saturated heterocycles. The van der Waals surface area contributed by atoms with E-state index in [4.69, 9.17) is 14.6 Å². The molecular formula is C16H12N2O5. The van der Waals surface area contributed by atoms with Gasteiger partial charge in [0.2, 0.25) is 6.79 Å². The molecule has 7 nitrogen and oxygen atoms in total. The topological polar surface area (TPSA) is 97.2 Å². The van der Waals surface area contributed by atoms with E-state index < -0.39 is 11.9 Å². The number of fused-ring (bicyclic) bond motifs is 1. The quantitative estimate of drug-likeness (QED) is 0.663. The highest BCUT2D eigenvalue weighted by Crippen LogP contribution is 2.32. The van der Waals surface area contributed by atoms with Crippen molar-refractivity contribution in [1.82, 2.24) is 5.43 Å². The molecule has 0 atom stereocenters. The lowest BCUT2D eigenvalue weighted by Crippen LogP contribution is -2.17. The predicted octanol–water partition coefficient (Wildman–Crippen LogP) is 1.88. The van der Waals surface area contributed by atoms with Crippen LogP contribution in [0.25, 0.3) is 0 Å². The van der Waals surface area contributed by atoms with Gasteiger partial charge in [0.25, 0.3) is 5.91 Å². The molecule has 2 N–H and O–H groups in total. The summed E-state index contributed by atoms with van der Waals surface area (Å²) in [6.07, 6.45) is 1.29. The second-order valence-corrected chi connectivity index (χ2v) is 4.66. The van der Waals surface area contributed by atoms with Crippen LogP contribution in [0.2, 0.25) is 0 Å². The lowest BCUT2D eigenvalue weighted by molar-refractivity contribution is 0.0696. The molecule has 0 saturated carbocycles. The number of carboxylic acids is 1. The van der Waals surface area contributed by atoms with E-state index >= 15 is 0 Å². The van der Waals surface area contributed by atoms with Crippen molar-refractivity contribution < 1.29 is 24.2 Å². The third-order valence-electron chi connectivity index (χ3n) is 3.20. The van der Waals surface area contributed by atoms with Gasteiger partial charge in [-0.15, -0.1) is 0 Å². The van der Waals surface area contributed by atoms with E-state index in [9.17, 15) is 9.59 Å². The van der Waals surface area contributed by atoms with Gasteiger partial charge in [-0.2, -0.15) is 5.10 Å². The minimum Gasteiger partial charge on any atom is -0.478 e. The van der Waals surface area contributed by atoms with Gasteiger partial charge in [0.05, 0.1) is 11.8 Å². The van der Waals surface area contributed by atoms with Crippen LogP contribution in [0, 0.1) is 0 Å². The number of ether oxygens (including phenoxy) is 2. The Labute approximate surface area is 131 Å². The summed E-state index contributed by atoms with van der Waals surface area (Å²) < 4.78 is 10.4. The maximum Gasteiger partial charge on any atom is 0.336 e. The molecule has 7 heteroatoms. The number of hydrogen-bond acceptors (Lipinski definition) is 5. The standard InChI is InChI=1S/C16H12N2O5/c19-15(10-5-6-13-14(7-10)23-9-22-13)18-17-8-11-3-1-2-4-12(11)16(20)21/h1-8H,9H2,(H,18,19)(H,20,21)/b17-8+. The summed E-state index contributed by atoms with van der Waals surface area (Å²) in [5.41, 5.74) is 3.20. The lowest BCUT2D eigenvalue weighted by Gasteiger charge is -2.02. The summed E-state index contributed by atoms with van der Waals surface area (Å²) in [6.45, 7) is 0.129. The molecule has 0 fully saturated rings. The van der Waals surface area contributed by atoms with Gasteiger partial charge in [-0.3, -0.25) is 4.79 Å². The molecule has 23 heavy (non-hydrogen) atoms. The fourth-order valence-corrected chi connectivity index (χ4v) is 2.07. The van der Waals surface area contributed by atoms with Crippen molar-refractivity contribution in [3.8, 4) is 11.5 Å². The van der Waals surface area contributed by atoms with Crippen LogP contribution in [0.1, 0.15) is 26.3 Å². The van der Waals surface area contributed by atoms with Gasteiger partial charge in [-0.25, -0.2) is 10.2 Å². The molecular weight excluding hydrogens is 300 g/mol. The Morgan fingerprint density at radius 3 is 2.74 bits per heavy atom. The Bertz CT molecular complexity index is 801. The van der Waals surface area contributed by atoms with E-state index in [0.717, 1.165) is 0 Å². The van der Waals surface area contributed by atoms with E-state index in [-0.39, 0.29) is 12.4 Å². The highest BCUT2D eigenvalue weighted by atomic mass is 16.7. The number of nitrogens with zero attached hydrogens (tertiary/aromatic N) is 1. The van der Waals surface area contributed by atoms with Crippen LogP contribution in [-0.4, -0.2) is 30.0 Å². The van der Waals surface area contributed by atoms with Crippen LogP contribution in [0.5, 0.6) is 11.5 Å². The fraction of sp³-hybridized carbons (Fsp3) is 0.0625. The third-order valence-corrected chi connectivity index (χ3v) is 3.20. The summed E-state index contributed by atoms with van der Waals surface area (Å²) in [5, 5.41) is 12.9. The zero-order valence-corrected chi connectivity index (χ0v) is 11.9. The molecule has 0 aliphatic carbocycles. The lowest BCUT2D eigenvalue weighted by atomic mass is 10.1. The van der Waals surface area contributed by atoms with Crippen LogP contribution >= 0.6 is 0 Å². The monoisotopic (exact) mass is 312 g/mol. The number of carbonyl (C=O) groups excluding carboxylic acids is 1. The number of hydrazone groups is 1. The van der Waals surface area contributed by atoms with Gasteiger partial charge in [0.1, 0.15) is 0 Å². The van der Waals surface area contributed by atoms with E-state index in [2.05, 4.69) is 10.5 Å². The average Bonchev–Trinajstić information content (AvgIpc) is 3.02. The van der Waals surface area contributed by atoms with Crippen LogP contribution in [0.4, 0.5) is 0 Å². The molecule has 1 aliphatic rings. The van der Waals surface area contributed by atoms with Crippen molar-refractivity contribution in [3.05, 3.63) is 59.2 Å². The second kappa shape index (κ2) is 6.18. The Kier molecular flexibility index (Phi) is 3.92. The molecule has 2 aromatic rings. The van der Waals surface area contributed by atoms with Crippen molar-refractivity contribution in [1.29, 1.82) is 0 Å². The first kappa shape index (κ1) is 14.6. The molecule has 116 valence electrons. The maximum atomic E-state index is 12.0. The molecule has 1 aliphatic heterocycles. The molecule has 2 aromatic carbocycles. The van der Waals surface area contributed by atoms with Crippen LogP contribution in [-0.2, 0) is 0 Å². The van der Waals surface area contributed by atoms with Crippen molar-refractivity contribution >= 4 is 18.1 Å². The van der Waals surface area contributed by atoms with Gasteiger partial charge >= 0.3 is 5.97 Å². The minimum absolute atomic E-state index is 0.105. The van der Waals surface area contributed by atoms with Gasteiger partial charge < -0.3 is 14.6 Å². The molecule has 0 unspecified atom stereocenters. The zero-order chi connectivity index (χ0) is 16.2. The summed E-state index contributed by atoms with van der Waals surface area (Å²) in [7, 11) is 0. The molecule has 0 aromatic heterocycles. The molecule has 0 spiro atoms. The zero-order valence-electron chi connectivity index (χ0n) is 11.9. The van der Waals surface area contributed by atoms with Crippen molar-refractivity contribution in [3.63, 3.8) is 0 Å². The molecule has 0 bridgehead atoms. The largest absolute Gasteiger partial charge is 0.478 e. The van der Waals surface area contributed by atoms with E-state index in [1.807, 2.05) is 0 Å². The van der Waals surface area contributed by atoms with Crippen molar-refractivity contribution in [2.45, 2.75) is 0 Å². The number of carbonyl (C=O) groups is 2.